The lowest BCUT2D eigenvalue weighted by Gasteiger charge is -1.99. The lowest BCUT2D eigenvalue weighted by atomic mass is 10.3. The Bertz CT molecular complexity index is 553. The minimum atomic E-state index is -0.398. The highest BCUT2D eigenvalue weighted by molar-refractivity contribution is 5.42. The van der Waals surface area contributed by atoms with E-state index in [4.69, 9.17) is 5.26 Å². The summed E-state index contributed by atoms with van der Waals surface area (Å²) in [5, 5.41) is 18.5. The Balaban J connectivity index is 2.74. The van der Waals surface area contributed by atoms with Crippen LogP contribution in [0.15, 0.2) is 17.3 Å². The molecule has 0 radical (unpaired) electrons. The maximum Gasteiger partial charge on any atom is 0.348 e. The zero-order valence-corrected chi connectivity index (χ0v) is 7.30. The fourth-order valence-corrected chi connectivity index (χ4v) is 1.19. The number of rotatable bonds is 1. The van der Waals surface area contributed by atoms with Crippen LogP contribution in [0.2, 0.25) is 0 Å². The fourth-order valence-electron chi connectivity index (χ4n) is 1.19. The Labute approximate surface area is 78.2 Å². The second-order valence-corrected chi connectivity index (χ2v) is 2.65. The number of nitrogens with zero attached hydrogens (tertiary/aromatic N) is 5. The lowest BCUT2D eigenvalue weighted by Crippen LogP contribution is -2.17. The molecule has 7 nitrogen and oxygen atoms in total. The molecule has 70 valence electrons. The second-order valence-electron chi connectivity index (χ2n) is 2.65. The van der Waals surface area contributed by atoms with E-state index in [2.05, 4.69) is 15.3 Å². The molecule has 0 aromatic carbocycles. The van der Waals surface area contributed by atoms with Gasteiger partial charge in [-0.2, -0.15) is 15.5 Å². The maximum absolute atomic E-state index is 11.2. The SMILES string of the molecule is Cn1ncc(C#N)c1-n1cn[nH]c1=O. The van der Waals surface area contributed by atoms with E-state index in [-0.39, 0.29) is 0 Å². The zero-order valence-electron chi connectivity index (χ0n) is 7.30. The van der Waals surface area contributed by atoms with Gasteiger partial charge in [0.15, 0.2) is 5.82 Å². The molecule has 0 atom stereocenters. The van der Waals surface area contributed by atoms with Gasteiger partial charge in [-0.25, -0.2) is 14.5 Å². The van der Waals surface area contributed by atoms with Gasteiger partial charge in [0.1, 0.15) is 18.0 Å². The van der Waals surface area contributed by atoms with Crippen LogP contribution in [0.5, 0.6) is 0 Å². The van der Waals surface area contributed by atoms with Crippen LogP contribution >= 0.6 is 0 Å². The van der Waals surface area contributed by atoms with Gasteiger partial charge in [-0.3, -0.25) is 4.68 Å². The molecule has 14 heavy (non-hydrogen) atoms. The molecular formula is C7H6N6O. The predicted molar refractivity (Wildman–Crippen MR) is 45.7 cm³/mol. The summed E-state index contributed by atoms with van der Waals surface area (Å²) in [5.74, 6) is 0.409. The van der Waals surface area contributed by atoms with Crippen molar-refractivity contribution in [1.82, 2.24) is 24.5 Å². The molecule has 0 aliphatic heterocycles. The first kappa shape index (κ1) is 8.25. The number of nitriles is 1. The highest BCUT2D eigenvalue weighted by Crippen LogP contribution is 2.08. The molecule has 2 aromatic heterocycles. The molecule has 0 saturated carbocycles. The molecule has 2 aromatic rings. The first-order chi connectivity index (χ1) is 6.74. The number of aromatic nitrogens is 5. The summed E-state index contributed by atoms with van der Waals surface area (Å²) >= 11 is 0. The van der Waals surface area contributed by atoms with Crippen LogP contribution in [-0.2, 0) is 7.05 Å². The summed E-state index contributed by atoms with van der Waals surface area (Å²) in [7, 11) is 1.65. The van der Waals surface area contributed by atoms with Gasteiger partial charge in [-0.1, -0.05) is 0 Å². The molecule has 0 bridgehead atoms. The fraction of sp³-hybridized carbons (Fsp3) is 0.143. The van der Waals surface area contributed by atoms with E-state index in [1.54, 1.807) is 7.05 Å². The largest absolute Gasteiger partial charge is 0.348 e. The van der Waals surface area contributed by atoms with Crippen molar-refractivity contribution in [2.75, 3.05) is 0 Å². The van der Waals surface area contributed by atoms with E-state index in [1.165, 1.54) is 21.8 Å². The third kappa shape index (κ3) is 1.01. The van der Waals surface area contributed by atoms with Gasteiger partial charge in [-0.15, -0.1) is 0 Å². The molecule has 2 heterocycles. The first-order valence-corrected chi connectivity index (χ1v) is 3.78. The third-order valence-electron chi connectivity index (χ3n) is 1.81. The van der Waals surface area contributed by atoms with Crippen molar-refractivity contribution in [3.8, 4) is 11.9 Å². The summed E-state index contributed by atoms with van der Waals surface area (Å²) < 4.78 is 2.67. The van der Waals surface area contributed by atoms with Gasteiger partial charge in [0.05, 0.1) is 6.20 Å². The lowest BCUT2D eigenvalue weighted by molar-refractivity contribution is 0.721. The normalized spacial score (nSPS) is 10.0. The number of hydrogen-bond donors (Lipinski definition) is 1. The summed E-state index contributed by atoms with van der Waals surface area (Å²) in [4.78, 5) is 11.2. The highest BCUT2D eigenvalue weighted by atomic mass is 16.1. The molecule has 0 spiro atoms. The Kier molecular flexibility index (Phi) is 1.68. The van der Waals surface area contributed by atoms with E-state index in [9.17, 15) is 4.79 Å². The molecular weight excluding hydrogens is 184 g/mol. The van der Waals surface area contributed by atoms with Gasteiger partial charge in [-0.05, 0) is 0 Å². The number of H-pyrrole nitrogens is 1. The van der Waals surface area contributed by atoms with Crippen LogP contribution in [-0.4, -0.2) is 24.5 Å². The molecule has 0 fully saturated rings. The third-order valence-corrected chi connectivity index (χ3v) is 1.81. The minimum absolute atomic E-state index is 0.330. The number of hydrogen-bond acceptors (Lipinski definition) is 4. The van der Waals surface area contributed by atoms with Crippen LogP contribution < -0.4 is 5.69 Å². The Morgan fingerprint density at radius 1 is 1.64 bits per heavy atom. The van der Waals surface area contributed by atoms with Crippen LogP contribution in [0.25, 0.3) is 5.82 Å². The topological polar surface area (TPSA) is 92.3 Å². The van der Waals surface area contributed by atoms with E-state index < -0.39 is 5.69 Å². The van der Waals surface area contributed by atoms with Crippen molar-refractivity contribution >= 4 is 0 Å². The molecule has 7 heteroatoms. The van der Waals surface area contributed by atoms with Crippen molar-refractivity contribution in [2.24, 2.45) is 7.05 Å². The van der Waals surface area contributed by atoms with Crippen molar-refractivity contribution < 1.29 is 0 Å². The first-order valence-electron chi connectivity index (χ1n) is 3.78. The van der Waals surface area contributed by atoms with E-state index in [1.807, 2.05) is 6.07 Å². The molecule has 2 rings (SSSR count). The Hall–Kier alpha value is -2.36. The van der Waals surface area contributed by atoms with Crippen molar-refractivity contribution in [3.05, 3.63) is 28.6 Å². The number of nitrogens with one attached hydrogen (secondary N) is 1. The van der Waals surface area contributed by atoms with E-state index >= 15 is 0 Å². The molecule has 0 aliphatic rings. The maximum atomic E-state index is 11.2. The predicted octanol–water partition coefficient (Wildman–Crippen LogP) is -0.834. The molecule has 1 N–H and O–H groups in total. The number of aromatic amines is 1. The van der Waals surface area contributed by atoms with Crippen molar-refractivity contribution in [1.29, 1.82) is 5.26 Å². The molecule has 0 aliphatic carbocycles. The van der Waals surface area contributed by atoms with Gasteiger partial charge >= 0.3 is 5.69 Å². The van der Waals surface area contributed by atoms with Gasteiger partial charge in [0, 0.05) is 7.05 Å². The summed E-state index contributed by atoms with van der Waals surface area (Å²) in [6.45, 7) is 0. The standard InChI is InChI=1S/C7H6N6O/c1-12-6(5(2-8)3-10-12)13-4-9-11-7(13)14/h3-4H,1H3,(H,11,14). The smallest absolute Gasteiger partial charge is 0.251 e. The van der Waals surface area contributed by atoms with Gasteiger partial charge in [0.2, 0.25) is 0 Å². The van der Waals surface area contributed by atoms with Crippen LogP contribution in [0.1, 0.15) is 5.56 Å². The Morgan fingerprint density at radius 2 is 2.43 bits per heavy atom. The zero-order chi connectivity index (χ0) is 10.1. The minimum Gasteiger partial charge on any atom is -0.251 e. The average molecular weight is 190 g/mol. The Morgan fingerprint density at radius 3 is 3.00 bits per heavy atom. The number of aryl methyl sites for hydroxylation is 1. The van der Waals surface area contributed by atoms with Crippen LogP contribution in [0.3, 0.4) is 0 Å². The molecule has 0 unspecified atom stereocenters. The average Bonchev–Trinajstić information content (AvgIpc) is 2.72. The highest BCUT2D eigenvalue weighted by Gasteiger charge is 2.11. The quantitative estimate of drug-likeness (QED) is 0.634. The second kappa shape index (κ2) is 2.85. The van der Waals surface area contributed by atoms with E-state index in [0.717, 1.165) is 0 Å². The summed E-state index contributed by atoms with van der Waals surface area (Å²) in [6, 6.07) is 1.95. The van der Waals surface area contributed by atoms with Crippen LogP contribution in [0, 0.1) is 11.3 Å². The van der Waals surface area contributed by atoms with Gasteiger partial charge in [0.25, 0.3) is 0 Å². The van der Waals surface area contributed by atoms with E-state index in [0.29, 0.717) is 11.4 Å². The summed E-state index contributed by atoms with van der Waals surface area (Å²) in [5.41, 5.74) is -0.0684. The summed E-state index contributed by atoms with van der Waals surface area (Å²) in [6.07, 6.45) is 2.70. The molecule has 0 amide bonds. The van der Waals surface area contributed by atoms with Crippen molar-refractivity contribution in [3.63, 3.8) is 0 Å². The monoisotopic (exact) mass is 190 g/mol. The molecule has 0 saturated heterocycles. The van der Waals surface area contributed by atoms with Crippen molar-refractivity contribution in [2.45, 2.75) is 0 Å². The van der Waals surface area contributed by atoms with Gasteiger partial charge < -0.3 is 0 Å². The van der Waals surface area contributed by atoms with Crippen LogP contribution in [0.4, 0.5) is 0 Å².